The van der Waals surface area contributed by atoms with Crippen molar-refractivity contribution in [2.24, 2.45) is 0 Å². The molecule has 1 heterocycles. The Morgan fingerprint density at radius 1 is 1.04 bits per heavy atom. The highest BCUT2D eigenvalue weighted by Gasteiger charge is 2.24. The molecule has 9 heteroatoms. The number of carbonyl (C=O) groups is 1. The summed E-state index contributed by atoms with van der Waals surface area (Å²) in [7, 11) is 0. The molecular formula is C18H17N3O6. The Balaban J connectivity index is 1.74. The lowest BCUT2D eigenvalue weighted by Crippen LogP contribution is -2.19. The number of hydrogen-bond acceptors (Lipinski definition) is 7. The number of esters is 1. The van der Waals surface area contributed by atoms with Crippen LogP contribution in [0, 0.1) is 20.2 Å². The van der Waals surface area contributed by atoms with Gasteiger partial charge in [0, 0.05) is 31.3 Å². The SMILES string of the molecule is O=C(OCc1cccc([N+](=O)[O-])c1)c1ccc(N2CCCC2)c([N+](=O)[O-])c1. The molecule has 0 saturated carbocycles. The van der Waals surface area contributed by atoms with Crippen LogP contribution in [0.5, 0.6) is 0 Å². The van der Waals surface area contributed by atoms with Crippen LogP contribution >= 0.6 is 0 Å². The third-order valence-corrected chi connectivity index (χ3v) is 4.35. The van der Waals surface area contributed by atoms with Gasteiger partial charge in [0.2, 0.25) is 0 Å². The Bertz CT molecular complexity index is 892. The van der Waals surface area contributed by atoms with Crippen LogP contribution < -0.4 is 4.90 Å². The van der Waals surface area contributed by atoms with Crippen molar-refractivity contribution < 1.29 is 19.4 Å². The number of benzene rings is 2. The van der Waals surface area contributed by atoms with E-state index in [1.54, 1.807) is 12.1 Å². The highest BCUT2D eigenvalue weighted by molar-refractivity contribution is 5.91. The van der Waals surface area contributed by atoms with E-state index in [2.05, 4.69) is 0 Å². The van der Waals surface area contributed by atoms with Gasteiger partial charge in [-0.05, 0) is 30.5 Å². The van der Waals surface area contributed by atoms with Crippen molar-refractivity contribution in [2.45, 2.75) is 19.4 Å². The van der Waals surface area contributed by atoms with Crippen LogP contribution in [0.4, 0.5) is 17.1 Å². The fourth-order valence-corrected chi connectivity index (χ4v) is 3.01. The highest BCUT2D eigenvalue weighted by Crippen LogP contribution is 2.32. The zero-order valence-corrected chi connectivity index (χ0v) is 14.4. The summed E-state index contributed by atoms with van der Waals surface area (Å²) in [5.74, 6) is -0.724. The summed E-state index contributed by atoms with van der Waals surface area (Å²) in [6.07, 6.45) is 1.95. The van der Waals surface area contributed by atoms with E-state index < -0.39 is 15.8 Å². The maximum Gasteiger partial charge on any atom is 0.338 e. The summed E-state index contributed by atoms with van der Waals surface area (Å²) in [6, 6.07) is 10.0. The number of nitro benzene ring substituents is 2. The van der Waals surface area contributed by atoms with Crippen molar-refractivity contribution in [3.63, 3.8) is 0 Å². The van der Waals surface area contributed by atoms with Crippen molar-refractivity contribution in [1.82, 2.24) is 0 Å². The average molecular weight is 371 g/mol. The molecule has 2 aromatic carbocycles. The molecule has 0 aromatic heterocycles. The van der Waals surface area contributed by atoms with Gasteiger partial charge in [-0.1, -0.05) is 12.1 Å². The van der Waals surface area contributed by atoms with Crippen molar-refractivity contribution in [3.05, 3.63) is 73.8 Å². The van der Waals surface area contributed by atoms with Gasteiger partial charge in [0.1, 0.15) is 12.3 Å². The van der Waals surface area contributed by atoms with Gasteiger partial charge in [-0.15, -0.1) is 0 Å². The number of ether oxygens (including phenoxy) is 1. The molecule has 3 rings (SSSR count). The van der Waals surface area contributed by atoms with E-state index in [1.165, 1.54) is 30.3 Å². The van der Waals surface area contributed by atoms with Gasteiger partial charge in [-0.3, -0.25) is 20.2 Å². The first-order valence-electron chi connectivity index (χ1n) is 8.39. The summed E-state index contributed by atoms with van der Waals surface area (Å²) in [4.78, 5) is 35.3. The normalized spacial score (nSPS) is 13.4. The zero-order chi connectivity index (χ0) is 19.4. The van der Waals surface area contributed by atoms with Gasteiger partial charge in [-0.25, -0.2) is 4.79 Å². The summed E-state index contributed by atoms with van der Waals surface area (Å²) >= 11 is 0. The molecule has 2 aromatic rings. The number of rotatable bonds is 6. The molecule has 27 heavy (non-hydrogen) atoms. The Labute approximate surface area is 154 Å². The first-order valence-corrected chi connectivity index (χ1v) is 8.39. The van der Waals surface area contributed by atoms with Crippen LogP contribution in [0.1, 0.15) is 28.8 Å². The minimum Gasteiger partial charge on any atom is -0.457 e. The molecular weight excluding hydrogens is 354 g/mol. The minimum atomic E-state index is -0.724. The number of anilines is 1. The van der Waals surface area contributed by atoms with E-state index >= 15 is 0 Å². The number of carbonyl (C=O) groups excluding carboxylic acids is 1. The van der Waals surface area contributed by atoms with E-state index in [4.69, 9.17) is 4.74 Å². The molecule has 0 bridgehead atoms. The largest absolute Gasteiger partial charge is 0.457 e. The van der Waals surface area contributed by atoms with Crippen LogP contribution in [-0.2, 0) is 11.3 Å². The summed E-state index contributed by atoms with van der Waals surface area (Å²) in [5.41, 5.74) is 0.777. The van der Waals surface area contributed by atoms with Gasteiger partial charge >= 0.3 is 5.97 Å². The van der Waals surface area contributed by atoms with Gasteiger partial charge in [-0.2, -0.15) is 0 Å². The van der Waals surface area contributed by atoms with Crippen LogP contribution in [0.15, 0.2) is 42.5 Å². The first-order chi connectivity index (χ1) is 13.0. The first kappa shape index (κ1) is 18.3. The second-order valence-corrected chi connectivity index (χ2v) is 6.16. The van der Waals surface area contributed by atoms with Crippen molar-refractivity contribution in [2.75, 3.05) is 18.0 Å². The van der Waals surface area contributed by atoms with E-state index in [-0.39, 0.29) is 23.5 Å². The number of non-ortho nitro benzene ring substituents is 1. The monoisotopic (exact) mass is 371 g/mol. The Morgan fingerprint density at radius 3 is 2.44 bits per heavy atom. The van der Waals surface area contributed by atoms with Gasteiger partial charge in [0.05, 0.1) is 15.4 Å². The van der Waals surface area contributed by atoms with Gasteiger partial charge in [0.15, 0.2) is 0 Å². The molecule has 1 aliphatic heterocycles. The molecule has 0 atom stereocenters. The maximum absolute atomic E-state index is 12.3. The maximum atomic E-state index is 12.3. The zero-order valence-electron chi connectivity index (χ0n) is 14.4. The molecule has 0 spiro atoms. The molecule has 140 valence electrons. The molecule has 1 aliphatic rings. The van der Waals surface area contributed by atoms with Crippen LogP contribution in [0.25, 0.3) is 0 Å². The topological polar surface area (TPSA) is 116 Å². The van der Waals surface area contributed by atoms with Crippen molar-refractivity contribution in [3.8, 4) is 0 Å². The molecule has 0 unspecified atom stereocenters. The smallest absolute Gasteiger partial charge is 0.338 e. The standard InChI is InChI=1S/C18H17N3O6/c22-18(27-12-13-4-3-5-15(10-13)20(23)24)14-6-7-16(17(11-14)21(25)26)19-8-1-2-9-19/h3-7,10-11H,1-2,8-9,12H2. The Morgan fingerprint density at radius 2 is 1.78 bits per heavy atom. The second kappa shape index (κ2) is 7.81. The molecule has 9 nitrogen and oxygen atoms in total. The molecule has 0 amide bonds. The lowest BCUT2D eigenvalue weighted by Gasteiger charge is -2.17. The second-order valence-electron chi connectivity index (χ2n) is 6.16. The third kappa shape index (κ3) is 4.20. The minimum absolute atomic E-state index is 0.0649. The van der Waals surface area contributed by atoms with E-state index in [0.717, 1.165) is 25.9 Å². The molecule has 1 saturated heterocycles. The van der Waals surface area contributed by atoms with E-state index in [0.29, 0.717) is 11.3 Å². The predicted molar refractivity (Wildman–Crippen MR) is 96.8 cm³/mol. The Kier molecular flexibility index (Phi) is 5.30. The average Bonchev–Trinajstić information content (AvgIpc) is 3.20. The molecule has 0 aliphatic carbocycles. The number of hydrogen-bond donors (Lipinski definition) is 0. The van der Waals surface area contributed by atoms with Crippen molar-refractivity contribution in [1.29, 1.82) is 0 Å². The summed E-state index contributed by atoms with van der Waals surface area (Å²) in [5, 5.41) is 22.2. The quantitative estimate of drug-likeness (QED) is 0.434. The highest BCUT2D eigenvalue weighted by atomic mass is 16.6. The lowest BCUT2D eigenvalue weighted by atomic mass is 10.1. The van der Waals surface area contributed by atoms with E-state index in [1.807, 2.05) is 4.90 Å². The van der Waals surface area contributed by atoms with Crippen LogP contribution in [0.3, 0.4) is 0 Å². The van der Waals surface area contributed by atoms with Crippen molar-refractivity contribution >= 4 is 23.0 Å². The number of nitrogens with zero attached hydrogens (tertiary/aromatic N) is 3. The molecule has 1 fully saturated rings. The fourth-order valence-electron chi connectivity index (χ4n) is 3.01. The number of nitro groups is 2. The molecule has 0 N–H and O–H groups in total. The fraction of sp³-hybridized carbons (Fsp3) is 0.278. The lowest BCUT2D eigenvalue weighted by molar-refractivity contribution is -0.385. The Hall–Kier alpha value is -3.49. The summed E-state index contributed by atoms with van der Waals surface area (Å²) < 4.78 is 5.15. The predicted octanol–water partition coefficient (Wildman–Crippen LogP) is 3.46. The summed E-state index contributed by atoms with van der Waals surface area (Å²) in [6.45, 7) is 1.33. The van der Waals surface area contributed by atoms with Crippen LogP contribution in [-0.4, -0.2) is 28.9 Å². The third-order valence-electron chi connectivity index (χ3n) is 4.35. The molecule has 0 radical (unpaired) electrons. The van der Waals surface area contributed by atoms with Gasteiger partial charge < -0.3 is 9.64 Å². The van der Waals surface area contributed by atoms with Gasteiger partial charge in [0.25, 0.3) is 11.4 Å². The van der Waals surface area contributed by atoms with Crippen LogP contribution in [0.2, 0.25) is 0 Å². The van der Waals surface area contributed by atoms with E-state index in [9.17, 15) is 25.0 Å².